The van der Waals surface area contributed by atoms with E-state index in [1.54, 1.807) is 37.5 Å². The third-order valence-electron chi connectivity index (χ3n) is 2.26. The van der Waals surface area contributed by atoms with E-state index in [2.05, 4.69) is 5.32 Å². The Labute approximate surface area is 105 Å². The number of carboxylic acid groups (broad SMARTS) is 1. The van der Waals surface area contributed by atoms with E-state index >= 15 is 0 Å². The fraction of sp³-hybridized carbons (Fsp3) is 0.231. The van der Waals surface area contributed by atoms with Gasteiger partial charge in [-0.1, -0.05) is 12.1 Å². The number of ether oxygens (including phenoxy) is 1. The zero-order valence-corrected chi connectivity index (χ0v) is 10.2. The second-order valence-corrected chi connectivity index (χ2v) is 3.66. The number of nitrogens with one attached hydrogen (secondary N) is 1. The number of carbonyl (C=O) groups is 2. The maximum Gasteiger partial charge on any atom is 0.244 e. The SMILES string of the molecule is COc1ccc(/C=C/C(=O)N[C@H](C)C(=O)[O-])cc1. The second kappa shape index (κ2) is 6.44. The highest BCUT2D eigenvalue weighted by Gasteiger charge is 2.04. The van der Waals surface area contributed by atoms with E-state index in [9.17, 15) is 14.7 Å². The molecule has 0 aromatic heterocycles. The van der Waals surface area contributed by atoms with Gasteiger partial charge in [0.05, 0.1) is 19.1 Å². The Kier molecular flexibility index (Phi) is 4.92. The number of benzene rings is 1. The summed E-state index contributed by atoms with van der Waals surface area (Å²) < 4.78 is 5.00. The van der Waals surface area contributed by atoms with Crippen LogP contribution in [0.3, 0.4) is 0 Å². The summed E-state index contributed by atoms with van der Waals surface area (Å²) in [5.41, 5.74) is 0.812. The van der Waals surface area contributed by atoms with Crippen LogP contribution in [0.15, 0.2) is 30.3 Å². The molecule has 1 rings (SSSR count). The van der Waals surface area contributed by atoms with Crippen LogP contribution in [0.4, 0.5) is 0 Å². The summed E-state index contributed by atoms with van der Waals surface area (Å²) >= 11 is 0. The van der Waals surface area contributed by atoms with Crippen LogP contribution < -0.4 is 15.2 Å². The second-order valence-electron chi connectivity index (χ2n) is 3.66. The Hall–Kier alpha value is -2.30. The number of carbonyl (C=O) groups excluding carboxylic acids is 2. The number of methoxy groups -OCH3 is 1. The van der Waals surface area contributed by atoms with Gasteiger partial charge in [-0.05, 0) is 30.7 Å². The molecule has 0 spiro atoms. The first-order valence-electron chi connectivity index (χ1n) is 5.36. The average molecular weight is 248 g/mol. The molecule has 1 aromatic rings. The van der Waals surface area contributed by atoms with Crippen molar-refractivity contribution in [2.24, 2.45) is 0 Å². The molecule has 1 aromatic carbocycles. The molecule has 0 bridgehead atoms. The third-order valence-corrected chi connectivity index (χ3v) is 2.26. The summed E-state index contributed by atoms with van der Waals surface area (Å²) in [7, 11) is 1.57. The number of amides is 1. The van der Waals surface area contributed by atoms with Crippen LogP contribution in [0, 0.1) is 0 Å². The number of rotatable bonds is 5. The summed E-state index contributed by atoms with van der Waals surface area (Å²) in [5, 5.41) is 12.7. The smallest absolute Gasteiger partial charge is 0.244 e. The maximum atomic E-state index is 11.3. The molecule has 0 saturated heterocycles. The third kappa shape index (κ3) is 4.29. The summed E-state index contributed by atoms with van der Waals surface area (Å²) in [4.78, 5) is 21.8. The highest BCUT2D eigenvalue weighted by Crippen LogP contribution is 2.12. The van der Waals surface area contributed by atoms with Crippen LogP contribution in [0.5, 0.6) is 5.75 Å². The van der Waals surface area contributed by atoms with Crippen molar-refractivity contribution in [3.8, 4) is 5.75 Å². The Morgan fingerprint density at radius 3 is 2.44 bits per heavy atom. The normalized spacial score (nSPS) is 12.1. The van der Waals surface area contributed by atoms with E-state index in [0.717, 1.165) is 11.3 Å². The molecule has 1 amide bonds. The first kappa shape index (κ1) is 13.8. The molecule has 0 aliphatic heterocycles. The van der Waals surface area contributed by atoms with Crippen molar-refractivity contribution >= 4 is 18.0 Å². The van der Waals surface area contributed by atoms with Crippen molar-refractivity contribution < 1.29 is 19.4 Å². The fourth-order valence-corrected chi connectivity index (χ4v) is 1.21. The van der Waals surface area contributed by atoms with E-state index in [-0.39, 0.29) is 0 Å². The number of hydrogen-bond donors (Lipinski definition) is 1. The van der Waals surface area contributed by atoms with Crippen LogP contribution in [-0.4, -0.2) is 25.0 Å². The van der Waals surface area contributed by atoms with E-state index in [1.807, 2.05) is 0 Å². The molecule has 1 atom stereocenters. The maximum absolute atomic E-state index is 11.3. The number of aliphatic carboxylic acids is 1. The van der Waals surface area contributed by atoms with E-state index in [0.29, 0.717) is 0 Å². The predicted molar refractivity (Wildman–Crippen MR) is 64.6 cm³/mol. The molecule has 5 nitrogen and oxygen atoms in total. The summed E-state index contributed by atoms with van der Waals surface area (Å²) in [5.74, 6) is -1.08. The van der Waals surface area contributed by atoms with Crippen LogP contribution in [0.1, 0.15) is 12.5 Å². The largest absolute Gasteiger partial charge is 0.548 e. The molecule has 0 saturated carbocycles. The minimum Gasteiger partial charge on any atom is -0.548 e. The summed E-state index contributed by atoms with van der Waals surface area (Å²) in [6.45, 7) is 1.34. The Morgan fingerprint density at radius 2 is 1.94 bits per heavy atom. The van der Waals surface area contributed by atoms with Crippen molar-refractivity contribution in [3.63, 3.8) is 0 Å². The highest BCUT2D eigenvalue weighted by atomic mass is 16.5. The number of hydrogen-bond acceptors (Lipinski definition) is 4. The average Bonchev–Trinajstić information content (AvgIpc) is 2.36. The molecule has 0 radical (unpaired) electrons. The molecule has 0 aliphatic carbocycles. The first-order valence-corrected chi connectivity index (χ1v) is 5.36. The topological polar surface area (TPSA) is 78.5 Å². The molecule has 18 heavy (non-hydrogen) atoms. The molecule has 1 N–H and O–H groups in total. The lowest BCUT2D eigenvalue weighted by atomic mass is 10.2. The lowest BCUT2D eigenvalue weighted by Gasteiger charge is -2.12. The van der Waals surface area contributed by atoms with Crippen LogP contribution in [0.25, 0.3) is 6.08 Å². The van der Waals surface area contributed by atoms with E-state index < -0.39 is 17.9 Å². The quantitative estimate of drug-likeness (QED) is 0.742. The molecule has 5 heteroatoms. The Morgan fingerprint density at radius 1 is 1.33 bits per heavy atom. The standard InChI is InChI=1S/C13H15NO4/c1-9(13(16)17)14-12(15)8-5-10-3-6-11(18-2)7-4-10/h3-9H,1-2H3,(H,14,15)(H,16,17)/p-1/b8-5+/t9-/m1/s1. The Balaban J connectivity index is 2.57. The van der Waals surface area contributed by atoms with Gasteiger partial charge in [-0.2, -0.15) is 0 Å². The van der Waals surface area contributed by atoms with E-state index in [1.165, 1.54) is 13.0 Å². The lowest BCUT2D eigenvalue weighted by Crippen LogP contribution is -2.45. The van der Waals surface area contributed by atoms with Gasteiger partial charge in [0.25, 0.3) is 0 Å². The fourth-order valence-electron chi connectivity index (χ4n) is 1.21. The summed E-state index contributed by atoms with van der Waals surface area (Å²) in [6, 6.07) is 6.08. The van der Waals surface area contributed by atoms with Gasteiger partial charge in [-0.25, -0.2) is 0 Å². The molecule has 0 heterocycles. The Bertz CT molecular complexity index is 451. The molecule has 0 unspecified atom stereocenters. The zero-order chi connectivity index (χ0) is 13.5. The minimum absolute atomic E-state index is 0.484. The van der Waals surface area contributed by atoms with Crippen molar-refractivity contribution in [2.75, 3.05) is 7.11 Å². The molecule has 0 fully saturated rings. The van der Waals surface area contributed by atoms with Crippen LogP contribution in [-0.2, 0) is 9.59 Å². The van der Waals surface area contributed by atoms with Crippen LogP contribution in [0.2, 0.25) is 0 Å². The molecule has 96 valence electrons. The van der Waals surface area contributed by atoms with Gasteiger partial charge in [0.2, 0.25) is 5.91 Å². The molecular formula is C13H14NO4-. The van der Waals surface area contributed by atoms with Crippen LogP contribution >= 0.6 is 0 Å². The first-order chi connectivity index (χ1) is 8.52. The predicted octanol–water partition coefficient (Wildman–Crippen LogP) is -0.0370. The van der Waals surface area contributed by atoms with Gasteiger partial charge < -0.3 is 20.0 Å². The number of carboxylic acids is 1. The van der Waals surface area contributed by atoms with Crippen molar-refractivity contribution in [1.29, 1.82) is 0 Å². The van der Waals surface area contributed by atoms with Crippen molar-refractivity contribution in [2.45, 2.75) is 13.0 Å². The van der Waals surface area contributed by atoms with Crippen molar-refractivity contribution in [1.82, 2.24) is 5.32 Å². The van der Waals surface area contributed by atoms with Gasteiger partial charge in [-0.3, -0.25) is 4.79 Å². The van der Waals surface area contributed by atoms with Gasteiger partial charge in [0, 0.05) is 6.08 Å². The van der Waals surface area contributed by atoms with Gasteiger partial charge >= 0.3 is 0 Å². The highest BCUT2D eigenvalue weighted by molar-refractivity contribution is 5.94. The minimum atomic E-state index is -1.32. The lowest BCUT2D eigenvalue weighted by molar-refractivity contribution is -0.307. The van der Waals surface area contributed by atoms with Gasteiger partial charge in [0.1, 0.15) is 5.75 Å². The van der Waals surface area contributed by atoms with Gasteiger partial charge in [-0.15, -0.1) is 0 Å². The molecule has 0 aliphatic rings. The monoisotopic (exact) mass is 248 g/mol. The zero-order valence-electron chi connectivity index (χ0n) is 10.2. The van der Waals surface area contributed by atoms with Crippen molar-refractivity contribution in [3.05, 3.63) is 35.9 Å². The molecular weight excluding hydrogens is 234 g/mol. The summed E-state index contributed by atoms with van der Waals surface area (Å²) in [6.07, 6.45) is 2.85. The van der Waals surface area contributed by atoms with E-state index in [4.69, 9.17) is 4.74 Å². The van der Waals surface area contributed by atoms with Gasteiger partial charge in [0.15, 0.2) is 0 Å².